The zero-order valence-electron chi connectivity index (χ0n) is 14.9. The van der Waals surface area contributed by atoms with Gasteiger partial charge in [-0.25, -0.2) is 22.9 Å². The Bertz CT molecular complexity index is 846. The average Bonchev–Trinajstić information content (AvgIpc) is 2.73. The molecule has 2 fully saturated rings. The van der Waals surface area contributed by atoms with Gasteiger partial charge in [0, 0.05) is 13.0 Å². The minimum Gasteiger partial charge on any atom is -0.387 e. The first-order valence-corrected chi connectivity index (χ1v) is 12.4. The van der Waals surface area contributed by atoms with Gasteiger partial charge < -0.3 is 29.4 Å². The molecule has 0 saturated carbocycles. The SMILES string of the molecule is C[C@@]1(F)C(O)[C@@H](COP(=O)(O)OP(=O)(O)OP(=O)(O)O)O[C@H]1N1CCC(=O)NC1=O. The number of aliphatic hydroxyl groups is 1. The number of halogens is 1. The first-order chi connectivity index (χ1) is 13.4. The molecule has 6 atom stereocenters. The van der Waals surface area contributed by atoms with Crippen LogP contribution in [0.5, 0.6) is 0 Å². The summed E-state index contributed by atoms with van der Waals surface area (Å²) in [4.78, 5) is 59.2. The fraction of sp³-hybridized carbons (Fsp3) is 0.800. The van der Waals surface area contributed by atoms with Gasteiger partial charge in [0.15, 0.2) is 11.9 Å². The molecule has 2 aliphatic rings. The fourth-order valence-corrected chi connectivity index (χ4v) is 5.69. The maximum Gasteiger partial charge on any atom is 0.490 e. The number of amides is 3. The van der Waals surface area contributed by atoms with Gasteiger partial charge in [-0.1, -0.05) is 0 Å². The first-order valence-electron chi connectivity index (χ1n) is 7.85. The van der Waals surface area contributed by atoms with E-state index in [4.69, 9.17) is 19.4 Å². The Morgan fingerprint density at radius 1 is 1.20 bits per heavy atom. The van der Waals surface area contributed by atoms with Crippen molar-refractivity contribution in [2.24, 2.45) is 0 Å². The molecule has 2 rings (SSSR count). The number of hydrogen-bond acceptors (Lipinski definition) is 10. The van der Waals surface area contributed by atoms with Gasteiger partial charge in [0.2, 0.25) is 5.91 Å². The van der Waals surface area contributed by atoms with E-state index in [1.807, 2.05) is 5.32 Å². The van der Waals surface area contributed by atoms with Crippen LogP contribution in [-0.4, -0.2) is 78.8 Å². The van der Waals surface area contributed by atoms with Gasteiger partial charge in [0.25, 0.3) is 0 Å². The summed E-state index contributed by atoms with van der Waals surface area (Å²) in [5, 5.41) is 12.0. The number of aliphatic hydroxyl groups excluding tert-OH is 1. The summed E-state index contributed by atoms with van der Waals surface area (Å²) in [6.07, 6.45) is -5.63. The standard InChI is InChI=1S/C10H18FN2O14P3/c1-10(11)7(15)5(25-8(10)13-3-2-6(14)12-9(13)16)4-24-29(20,21)27-30(22,23)26-28(17,18)19/h5,7-8,15H,2-4H2,1H3,(H,20,21)(H,22,23)(H,12,14,16)(H2,17,18,19)/t5-,7?,8-,10-/m1/s1. The zero-order chi connectivity index (χ0) is 23.1. The van der Waals surface area contributed by atoms with Gasteiger partial charge >= 0.3 is 29.5 Å². The second-order valence-electron chi connectivity index (χ2n) is 6.31. The Hall–Kier alpha value is -0.800. The molecule has 0 radical (unpaired) electrons. The summed E-state index contributed by atoms with van der Waals surface area (Å²) in [6.45, 7) is -0.504. The lowest BCUT2D eigenvalue weighted by molar-refractivity contribution is -0.126. The lowest BCUT2D eigenvalue weighted by Gasteiger charge is -2.35. The van der Waals surface area contributed by atoms with Crippen LogP contribution < -0.4 is 5.32 Å². The fourth-order valence-electron chi connectivity index (χ4n) is 2.66. The molecule has 0 aromatic carbocycles. The highest BCUT2D eigenvalue weighted by Crippen LogP contribution is 2.66. The van der Waals surface area contributed by atoms with Gasteiger partial charge in [-0.15, -0.1) is 0 Å². The van der Waals surface area contributed by atoms with Gasteiger partial charge in [0.05, 0.1) is 6.61 Å². The van der Waals surface area contributed by atoms with Crippen LogP contribution >= 0.6 is 23.5 Å². The molecule has 3 amide bonds. The third-order valence-electron chi connectivity index (χ3n) is 3.90. The molecule has 0 bridgehead atoms. The number of carbonyl (C=O) groups is 2. The Labute approximate surface area is 167 Å². The lowest BCUT2D eigenvalue weighted by atomic mass is 9.97. The van der Waals surface area contributed by atoms with Crippen molar-refractivity contribution in [1.29, 1.82) is 0 Å². The quantitative estimate of drug-likeness (QED) is 0.220. The molecule has 20 heteroatoms. The Kier molecular flexibility index (Phi) is 7.31. The zero-order valence-corrected chi connectivity index (χ0v) is 17.6. The number of nitrogens with one attached hydrogen (secondary N) is 1. The largest absolute Gasteiger partial charge is 0.490 e. The highest BCUT2D eigenvalue weighted by molar-refractivity contribution is 7.66. The van der Waals surface area contributed by atoms with E-state index in [9.17, 15) is 37.7 Å². The van der Waals surface area contributed by atoms with Crippen LogP contribution in [0.3, 0.4) is 0 Å². The summed E-state index contributed by atoms with van der Waals surface area (Å²) < 4.78 is 65.0. The van der Waals surface area contributed by atoms with Crippen LogP contribution in [-0.2, 0) is 36.4 Å². The number of ether oxygens (including phenoxy) is 1. The normalized spacial score (nSPS) is 34.4. The number of carbonyl (C=O) groups excluding carboxylic acids is 2. The molecule has 2 saturated heterocycles. The second-order valence-corrected chi connectivity index (χ2v) is 10.7. The van der Waals surface area contributed by atoms with Crippen LogP contribution in [0.25, 0.3) is 0 Å². The molecule has 174 valence electrons. The van der Waals surface area contributed by atoms with E-state index in [0.29, 0.717) is 0 Å². The molecule has 0 aliphatic carbocycles. The molecule has 16 nitrogen and oxygen atoms in total. The lowest BCUT2D eigenvalue weighted by Crippen LogP contribution is -2.59. The van der Waals surface area contributed by atoms with E-state index in [-0.39, 0.29) is 13.0 Å². The highest BCUT2D eigenvalue weighted by Gasteiger charge is 2.58. The molecular weight excluding hydrogens is 484 g/mol. The van der Waals surface area contributed by atoms with Crippen LogP contribution in [0.15, 0.2) is 0 Å². The van der Waals surface area contributed by atoms with Crippen LogP contribution in [0.4, 0.5) is 9.18 Å². The number of imide groups is 1. The molecule has 6 N–H and O–H groups in total. The molecule has 0 spiro atoms. The Morgan fingerprint density at radius 2 is 1.80 bits per heavy atom. The van der Waals surface area contributed by atoms with E-state index in [1.54, 1.807) is 0 Å². The smallest absolute Gasteiger partial charge is 0.387 e. The number of hydrogen-bond donors (Lipinski definition) is 6. The Morgan fingerprint density at radius 3 is 2.33 bits per heavy atom. The number of phosphoric ester groups is 1. The highest BCUT2D eigenvalue weighted by atomic mass is 31.3. The summed E-state index contributed by atoms with van der Waals surface area (Å²) >= 11 is 0. The number of rotatable bonds is 8. The summed E-state index contributed by atoms with van der Waals surface area (Å²) in [6, 6.07) is -0.999. The second kappa shape index (κ2) is 8.62. The summed E-state index contributed by atoms with van der Waals surface area (Å²) in [7, 11) is -16.9. The first kappa shape index (κ1) is 25.5. The van der Waals surface area contributed by atoms with Crippen molar-refractivity contribution in [1.82, 2.24) is 10.2 Å². The van der Waals surface area contributed by atoms with E-state index in [1.165, 1.54) is 0 Å². The van der Waals surface area contributed by atoms with Crippen molar-refractivity contribution >= 4 is 35.4 Å². The molecule has 2 heterocycles. The van der Waals surface area contributed by atoms with E-state index < -0.39 is 66.1 Å². The van der Waals surface area contributed by atoms with E-state index in [0.717, 1.165) is 11.8 Å². The maximum absolute atomic E-state index is 15.0. The van der Waals surface area contributed by atoms with Gasteiger partial charge in [-0.05, 0) is 6.92 Å². The minimum absolute atomic E-state index is 0.177. The minimum atomic E-state index is -5.76. The van der Waals surface area contributed by atoms with Crippen molar-refractivity contribution in [3.8, 4) is 0 Å². The number of nitrogens with zero attached hydrogens (tertiary/aromatic N) is 1. The van der Waals surface area contributed by atoms with E-state index >= 15 is 0 Å². The number of urea groups is 1. The van der Waals surface area contributed by atoms with Gasteiger partial charge in [-0.3, -0.25) is 19.5 Å². The summed E-state index contributed by atoms with van der Waals surface area (Å²) in [5.74, 6) is -0.612. The van der Waals surface area contributed by atoms with Crippen LogP contribution in [0.1, 0.15) is 13.3 Å². The number of alkyl halides is 1. The molecule has 0 aromatic heterocycles. The molecule has 3 unspecified atom stereocenters. The monoisotopic (exact) mass is 502 g/mol. The topological polar surface area (TPSA) is 239 Å². The van der Waals surface area contributed by atoms with Gasteiger partial charge in [-0.2, -0.15) is 8.62 Å². The average molecular weight is 502 g/mol. The molecule has 2 aliphatic heterocycles. The van der Waals surface area contributed by atoms with Gasteiger partial charge in [0.1, 0.15) is 12.2 Å². The van der Waals surface area contributed by atoms with Crippen molar-refractivity contribution in [2.45, 2.75) is 37.4 Å². The molecule has 30 heavy (non-hydrogen) atoms. The van der Waals surface area contributed by atoms with E-state index in [2.05, 4.69) is 13.1 Å². The van der Waals surface area contributed by atoms with Crippen molar-refractivity contribution in [2.75, 3.05) is 13.2 Å². The molecular formula is C10H18FN2O14P3. The third-order valence-corrected chi connectivity index (χ3v) is 7.71. The predicted octanol–water partition coefficient (Wildman–Crippen LogP) is -0.914. The summed E-state index contributed by atoms with van der Waals surface area (Å²) in [5.41, 5.74) is -2.62. The van der Waals surface area contributed by atoms with Crippen LogP contribution in [0, 0.1) is 0 Å². The van der Waals surface area contributed by atoms with Crippen molar-refractivity contribution in [3.63, 3.8) is 0 Å². The number of phosphoric acid groups is 3. The third kappa shape index (κ3) is 6.36. The predicted molar refractivity (Wildman–Crippen MR) is 88.9 cm³/mol. The molecule has 0 aromatic rings. The van der Waals surface area contributed by atoms with Crippen LogP contribution in [0.2, 0.25) is 0 Å². The maximum atomic E-state index is 15.0. The van der Waals surface area contributed by atoms with Crippen molar-refractivity contribution < 1.29 is 70.2 Å². The van der Waals surface area contributed by atoms with Crippen molar-refractivity contribution in [3.05, 3.63) is 0 Å². The Balaban J connectivity index is 2.04.